The van der Waals surface area contributed by atoms with E-state index in [1.54, 1.807) is 6.07 Å². The van der Waals surface area contributed by atoms with E-state index in [9.17, 15) is 9.90 Å². The van der Waals surface area contributed by atoms with Crippen LogP contribution in [0.15, 0.2) is 54.7 Å². The Labute approximate surface area is 148 Å². The van der Waals surface area contributed by atoms with Crippen LogP contribution < -0.4 is 5.32 Å². The van der Waals surface area contributed by atoms with Crippen LogP contribution in [0.3, 0.4) is 0 Å². The molecule has 0 fully saturated rings. The van der Waals surface area contributed by atoms with Gasteiger partial charge < -0.3 is 15.0 Å². The Morgan fingerprint density at radius 1 is 1.26 bits per heavy atom. The van der Waals surface area contributed by atoms with E-state index in [0.717, 1.165) is 20.0 Å². The van der Waals surface area contributed by atoms with Crippen molar-refractivity contribution >= 4 is 39.4 Å². The molecule has 118 valence electrons. The lowest BCUT2D eigenvalue weighted by Crippen LogP contribution is -2.28. The van der Waals surface area contributed by atoms with Crippen LogP contribution in [0.1, 0.15) is 22.0 Å². The Kier molecular flexibility index (Phi) is 4.68. The van der Waals surface area contributed by atoms with Gasteiger partial charge in [-0.3, -0.25) is 4.79 Å². The number of aliphatic hydroxyl groups excluding tert-OH is 1. The van der Waals surface area contributed by atoms with E-state index < -0.39 is 6.10 Å². The molecule has 1 atom stereocenters. The maximum Gasteiger partial charge on any atom is 0.252 e. The van der Waals surface area contributed by atoms with Gasteiger partial charge in [0.05, 0.1) is 11.7 Å². The second-order valence-electron chi connectivity index (χ2n) is 5.45. The largest absolute Gasteiger partial charge is 0.387 e. The number of hydrogen-bond donors (Lipinski definition) is 2. The van der Waals surface area contributed by atoms with Crippen molar-refractivity contribution in [2.75, 3.05) is 6.54 Å². The molecule has 2 aromatic carbocycles. The predicted octanol–water partition coefficient (Wildman–Crippen LogP) is 3.25. The van der Waals surface area contributed by atoms with Crippen LogP contribution in [-0.4, -0.2) is 22.1 Å². The van der Waals surface area contributed by atoms with Crippen LogP contribution in [-0.2, 0) is 7.05 Å². The molecule has 1 heterocycles. The molecule has 0 saturated carbocycles. The third-order valence-electron chi connectivity index (χ3n) is 3.87. The molecular weight excluding hydrogens is 403 g/mol. The molecule has 23 heavy (non-hydrogen) atoms. The SMILES string of the molecule is Cn1ccc2cc(C(O)CNC(=O)c3ccccc3I)ccc21. The number of halogens is 1. The molecule has 0 aliphatic carbocycles. The van der Waals surface area contributed by atoms with Crippen molar-refractivity contribution in [3.8, 4) is 0 Å². The van der Waals surface area contributed by atoms with Gasteiger partial charge in [-0.05, 0) is 63.9 Å². The Hall–Kier alpha value is -1.86. The first-order chi connectivity index (χ1) is 11.1. The Bertz CT molecular complexity index is 857. The average Bonchev–Trinajstić information content (AvgIpc) is 2.93. The van der Waals surface area contributed by atoms with Gasteiger partial charge in [-0.2, -0.15) is 0 Å². The van der Waals surface area contributed by atoms with Gasteiger partial charge in [0, 0.05) is 28.9 Å². The van der Waals surface area contributed by atoms with Crippen LogP contribution >= 0.6 is 22.6 Å². The zero-order chi connectivity index (χ0) is 16.4. The lowest BCUT2D eigenvalue weighted by atomic mass is 10.1. The van der Waals surface area contributed by atoms with Gasteiger partial charge in [-0.25, -0.2) is 0 Å². The molecule has 0 bridgehead atoms. The molecule has 3 aromatic rings. The van der Waals surface area contributed by atoms with Crippen molar-refractivity contribution in [3.63, 3.8) is 0 Å². The summed E-state index contributed by atoms with van der Waals surface area (Å²) in [5, 5.41) is 14.2. The maximum atomic E-state index is 12.2. The first kappa shape index (κ1) is 16.0. The number of rotatable bonds is 4. The topological polar surface area (TPSA) is 54.3 Å². The van der Waals surface area contributed by atoms with E-state index in [2.05, 4.69) is 27.9 Å². The molecule has 2 N–H and O–H groups in total. The number of aryl methyl sites for hydroxylation is 1. The number of aliphatic hydroxyl groups is 1. The lowest BCUT2D eigenvalue weighted by molar-refractivity contribution is 0.0915. The number of benzene rings is 2. The zero-order valence-corrected chi connectivity index (χ0v) is 14.8. The van der Waals surface area contributed by atoms with Crippen LogP contribution in [0.2, 0.25) is 0 Å². The van der Waals surface area contributed by atoms with Gasteiger partial charge in [0.15, 0.2) is 0 Å². The van der Waals surface area contributed by atoms with Crippen molar-refractivity contribution < 1.29 is 9.90 Å². The number of amides is 1. The van der Waals surface area contributed by atoms with E-state index >= 15 is 0 Å². The number of carbonyl (C=O) groups excluding carboxylic acids is 1. The van der Waals surface area contributed by atoms with E-state index in [-0.39, 0.29) is 12.5 Å². The third-order valence-corrected chi connectivity index (χ3v) is 4.81. The highest BCUT2D eigenvalue weighted by atomic mass is 127. The summed E-state index contributed by atoms with van der Waals surface area (Å²) in [5.41, 5.74) is 2.54. The fraction of sp³-hybridized carbons (Fsp3) is 0.167. The summed E-state index contributed by atoms with van der Waals surface area (Å²) < 4.78 is 2.92. The van der Waals surface area contributed by atoms with Crippen molar-refractivity contribution in [1.82, 2.24) is 9.88 Å². The summed E-state index contributed by atoms with van der Waals surface area (Å²) in [6.45, 7) is 0.183. The maximum absolute atomic E-state index is 12.2. The standard InChI is InChI=1S/C18H17IN2O2/c1-21-9-8-12-10-13(6-7-16(12)21)17(22)11-20-18(23)14-4-2-3-5-15(14)19/h2-10,17,22H,11H2,1H3,(H,20,23). The van der Waals surface area contributed by atoms with Crippen molar-refractivity contribution in [3.05, 3.63) is 69.4 Å². The number of hydrogen-bond acceptors (Lipinski definition) is 2. The lowest BCUT2D eigenvalue weighted by Gasteiger charge is -2.13. The smallest absolute Gasteiger partial charge is 0.252 e. The molecule has 5 heteroatoms. The second kappa shape index (κ2) is 6.72. The minimum atomic E-state index is -0.732. The Balaban J connectivity index is 1.69. The Morgan fingerprint density at radius 2 is 2.04 bits per heavy atom. The molecule has 0 aliphatic rings. The molecule has 0 saturated heterocycles. The fourth-order valence-corrected chi connectivity index (χ4v) is 3.19. The van der Waals surface area contributed by atoms with Crippen LogP contribution in [0.5, 0.6) is 0 Å². The van der Waals surface area contributed by atoms with Gasteiger partial charge in [-0.15, -0.1) is 0 Å². The first-order valence-corrected chi connectivity index (χ1v) is 8.40. The monoisotopic (exact) mass is 420 g/mol. The van der Waals surface area contributed by atoms with Gasteiger partial charge in [0.1, 0.15) is 0 Å². The number of nitrogens with one attached hydrogen (secondary N) is 1. The van der Waals surface area contributed by atoms with Gasteiger partial charge in [0.25, 0.3) is 5.91 Å². The minimum absolute atomic E-state index is 0.171. The fourth-order valence-electron chi connectivity index (χ4n) is 2.56. The van der Waals surface area contributed by atoms with E-state index in [1.807, 2.05) is 60.3 Å². The highest BCUT2D eigenvalue weighted by molar-refractivity contribution is 14.1. The summed E-state index contributed by atoms with van der Waals surface area (Å²) >= 11 is 2.13. The van der Waals surface area contributed by atoms with Crippen LogP contribution in [0.4, 0.5) is 0 Å². The van der Waals surface area contributed by atoms with Crippen LogP contribution in [0, 0.1) is 3.57 Å². The second-order valence-corrected chi connectivity index (χ2v) is 6.61. The van der Waals surface area contributed by atoms with Crippen LogP contribution in [0.25, 0.3) is 10.9 Å². The number of aromatic nitrogens is 1. The highest BCUT2D eigenvalue weighted by Gasteiger charge is 2.13. The summed E-state index contributed by atoms with van der Waals surface area (Å²) in [5.74, 6) is -0.171. The number of nitrogens with zero attached hydrogens (tertiary/aromatic N) is 1. The van der Waals surface area contributed by atoms with Crippen molar-refractivity contribution in [2.45, 2.75) is 6.10 Å². The highest BCUT2D eigenvalue weighted by Crippen LogP contribution is 2.21. The average molecular weight is 420 g/mol. The first-order valence-electron chi connectivity index (χ1n) is 7.32. The van der Waals surface area contributed by atoms with Gasteiger partial charge in [-0.1, -0.05) is 18.2 Å². The zero-order valence-electron chi connectivity index (χ0n) is 12.7. The molecule has 1 amide bonds. The quantitative estimate of drug-likeness (QED) is 0.637. The molecule has 1 unspecified atom stereocenters. The summed E-state index contributed by atoms with van der Waals surface area (Å²) in [7, 11) is 1.99. The molecule has 3 rings (SSSR count). The third kappa shape index (κ3) is 3.40. The van der Waals surface area contributed by atoms with E-state index in [0.29, 0.717) is 5.56 Å². The molecule has 4 nitrogen and oxygen atoms in total. The van der Waals surface area contributed by atoms with E-state index in [1.165, 1.54) is 0 Å². The molecule has 1 aromatic heterocycles. The Morgan fingerprint density at radius 3 is 2.83 bits per heavy atom. The normalized spacial score (nSPS) is 12.3. The van der Waals surface area contributed by atoms with Crippen molar-refractivity contribution in [2.24, 2.45) is 7.05 Å². The van der Waals surface area contributed by atoms with E-state index in [4.69, 9.17) is 0 Å². The molecule has 0 spiro atoms. The minimum Gasteiger partial charge on any atom is -0.387 e. The summed E-state index contributed by atoms with van der Waals surface area (Å²) in [6.07, 6.45) is 1.25. The molecule has 0 aliphatic heterocycles. The predicted molar refractivity (Wildman–Crippen MR) is 99.4 cm³/mol. The number of fused-ring (bicyclic) bond motifs is 1. The van der Waals surface area contributed by atoms with Crippen molar-refractivity contribution in [1.29, 1.82) is 0 Å². The summed E-state index contributed by atoms with van der Waals surface area (Å²) in [4.78, 5) is 12.2. The number of carbonyl (C=O) groups is 1. The molecule has 0 radical (unpaired) electrons. The van der Waals surface area contributed by atoms with Gasteiger partial charge >= 0.3 is 0 Å². The molecular formula is C18H17IN2O2. The van der Waals surface area contributed by atoms with Gasteiger partial charge in [0.2, 0.25) is 0 Å². The summed E-state index contributed by atoms with van der Waals surface area (Å²) in [6, 6.07) is 15.2.